The van der Waals surface area contributed by atoms with Crippen LogP contribution in [0.2, 0.25) is 0 Å². The van der Waals surface area contributed by atoms with Crippen molar-refractivity contribution in [3.05, 3.63) is 24.3 Å². The van der Waals surface area contributed by atoms with Crippen molar-refractivity contribution in [2.24, 2.45) is 0 Å². The summed E-state index contributed by atoms with van der Waals surface area (Å²) in [6, 6.07) is -0.612. The van der Waals surface area contributed by atoms with E-state index in [1.54, 1.807) is 0 Å². The number of aliphatic carboxylic acids is 1. The van der Waals surface area contributed by atoms with Gasteiger partial charge in [-0.25, -0.2) is 4.79 Å². The van der Waals surface area contributed by atoms with Crippen LogP contribution in [0.1, 0.15) is 162 Å². The molecule has 1 N–H and O–H groups in total. The molecule has 0 saturated carbocycles. The highest BCUT2D eigenvalue weighted by Crippen LogP contribution is 2.13. The molecule has 48 heavy (non-hydrogen) atoms. The minimum atomic E-state index is -0.878. The Morgan fingerprint density at radius 2 is 1.10 bits per heavy atom. The largest absolute Gasteiger partial charge is 0.477 e. The van der Waals surface area contributed by atoms with Crippen LogP contribution in [0.15, 0.2) is 24.3 Å². The fourth-order valence-electron chi connectivity index (χ4n) is 5.53. The van der Waals surface area contributed by atoms with E-state index < -0.39 is 18.1 Å². The quantitative estimate of drug-likeness (QED) is 0.0313. The van der Waals surface area contributed by atoms with Crippen LogP contribution in [0, 0.1) is 0 Å². The zero-order valence-electron chi connectivity index (χ0n) is 31.7. The number of carboxylic acid groups (broad SMARTS) is 1. The number of nitrogens with zero attached hydrogens (tertiary/aromatic N) is 1. The van der Waals surface area contributed by atoms with Crippen molar-refractivity contribution in [1.82, 2.24) is 0 Å². The van der Waals surface area contributed by atoms with E-state index in [4.69, 9.17) is 14.2 Å². The van der Waals surface area contributed by atoms with Crippen LogP contribution in [0.5, 0.6) is 0 Å². The first-order valence-electron chi connectivity index (χ1n) is 19.4. The van der Waals surface area contributed by atoms with Crippen LogP contribution >= 0.6 is 0 Å². The molecule has 0 rings (SSSR count). The van der Waals surface area contributed by atoms with E-state index in [1.807, 2.05) is 21.1 Å². The number of likely N-dealkylation sites (N-methyl/N-ethyl adjacent to an activating group) is 1. The Bertz CT molecular complexity index is 849. The molecule has 0 aromatic carbocycles. The molecule has 0 aliphatic rings. The van der Waals surface area contributed by atoms with E-state index in [-0.39, 0.29) is 36.2 Å². The SMILES string of the molecule is CCCCCC/C=C\C/C=C\CCCCCCCC(=O)OC(COCCC(C(=O)O)[N+](C)(C)C)COC(=O)CCCCCCCCCC. The number of carbonyl (C=O) groups is 3. The first-order chi connectivity index (χ1) is 23.1. The number of carbonyl (C=O) groups excluding carboxylic acids is 2. The van der Waals surface area contributed by atoms with Crippen LogP contribution in [-0.2, 0) is 28.6 Å². The molecular formula is C40H74NO7+. The van der Waals surface area contributed by atoms with Gasteiger partial charge in [0, 0.05) is 19.3 Å². The number of ether oxygens (including phenoxy) is 3. The molecule has 0 fully saturated rings. The second-order valence-electron chi connectivity index (χ2n) is 14.2. The third-order valence-electron chi connectivity index (χ3n) is 8.60. The standard InChI is InChI=1S/C40H73NO7/c1-6-8-10-12-14-16-17-18-19-20-21-22-23-25-27-29-31-39(43)48-36(34-46-33-32-37(40(44)45)41(3,4)5)35-47-38(42)30-28-26-24-15-13-11-9-7-2/h16-17,19-20,36-37H,6-15,18,21-35H2,1-5H3/p+1/b17-16-,20-19-. The first kappa shape index (κ1) is 45.8. The summed E-state index contributed by atoms with van der Waals surface area (Å²) in [5.74, 6) is -1.49. The lowest BCUT2D eigenvalue weighted by Crippen LogP contribution is -2.50. The van der Waals surface area contributed by atoms with E-state index in [0.717, 1.165) is 64.2 Å². The Morgan fingerprint density at radius 3 is 1.62 bits per heavy atom. The fraction of sp³-hybridized carbons (Fsp3) is 0.825. The van der Waals surface area contributed by atoms with Gasteiger partial charge < -0.3 is 23.8 Å². The van der Waals surface area contributed by atoms with Crippen LogP contribution < -0.4 is 0 Å². The number of hydrogen-bond donors (Lipinski definition) is 1. The summed E-state index contributed by atoms with van der Waals surface area (Å²) in [6.07, 6.45) is 32.2. The van der Waals surface area contributed by atoms with Crippen LogP contribution in [0.4, 0.5) is 0 Å². The summed E-state index contributed by atoms with van der Waals surface area (Å²) in [5.41, 5.74) is 0. The normalized spacial score (nSPS) is 13.3. The third kappa shape index (κ3) is 29.9. The minimum Gasteiger partial charge on any atom is -0.477 e. The van der Waals surface area contributed by atoms with Crippen molar-refractivity contribution in [2.45, 2.75) is 174 Å². The van der Waals surface area contributed by atoms with Gasteiger partial charge in [-0.3, -0.25) is 9.59 Å². The molecule has 0 spiro atoms. The Hall–Kier alpha value is -2.19. The maximum atomic E-state index is 12.6. The maximum absolute atomic E-state index is 12.6. The topological polar surface area (TPSA) is 99.1 Å². The predicted molar refractivity (Wildman–Crippen MR) is 197 cm³/mol. The van der Waals surface area contributed by atoms with Crippen LogP contribution in [0.3, 0.4) is 0 Å². The van der Waals surface area contributed by atoms with Gasteiger partial charge in [0.2, 0.25) is 0 Å². The van der Waals surface area contributed by atoms with Gasteiger partial charge >= 0.3 is 17.9 Å². The van der Waals surface area contributed by atoms with Crippen molar-refractivity contribution in [3.8, 4) is 0 Å². The summed E-state index contributed by atoms with van der Waals surface area (Å²) in [7, 11) is 5.51. The molecule has 0 aliphatic carbocycles. The molecule has 0 saturated heterocycles. The number of allylic oxidation sites excluding steroid dienone is 4. The Morgan fingerprint density at radius 1 is 0.625 bits per heavy atom. The van der Waals surface area contributed by atoms with Crippen molar-refractivity contribution in [1.29, 1.82) is 0 Å². The highest BCUT2D eigenvalue weighted by atomic mass is 16.6. The average molecular weight is 681 g/mol. The van der Waals surface area contributed by atoms with Gasteiger partial charge in [0.05, 0.1) is 34.4 Å². The second-order valence-corrected chi connectivity index (χ2v) is 14.2. The van der Waals surface area contributed by atoms with E-state index in [2.05, 4.69) is 38.2 Å². The van der Waals surface area contributed by atoms with Gasteiger partial charge in [0.15, 0.2) is 12.1 Å². The zero-order chi connectivity index (χ0) is 35.7. The number of quaternary nitrogens is 1. The van der Waals surface area contributed by atoms with Crippen molar-refractivity contribution in [2.75, 3.05) is 41.0 Å². The number of unbranched alkanes of at least 4 members (excludes halogenated alkanes) is 16. The van der Waals surface area contributed by atoms with Gasteiger partial charge in [-0.15, -0.1) is 0 Å². The molecule has 0 aliphatic heterocycles. The van der Waals surface area contributed by atoms with Gasteiger partial charge in [-0.05, 0) is 44.9 Å². The Labute approximate surface area is 294 Å². The summed E-state index contributed by atoms with van der Waals surface area (Å²) in [6.45, 7) is 4.66. The summed E-state index contributed by atoms with van der Waals surface area (Å²) < 4.78 is 17.1. The molecule has 2 unspecified atom stereocenters. The molecule has 8 nitrogen and oxygen atoms in total. The minimum absolute atomic E-state index is 0.0540. The van der Waals surface area contributed by atoms with Gasteiger partial charge in [0.1, 0.15) is 6.61 Å². The van der Waals surface area contributed by atoms with E-state index in [1.165, 1.54) is 64.2 Å². The van der Waals surface area contributed by atoms with E-state index in [9.17, 15) is 19.5 Å². The zero-order valence-corrected chi connectivity index (χ0v) is 31.7. The summed E-state index contributed by atoms with van der Waals surface area (Å²) >= 11 is 0. The lowest BCUT2D eigenvalue weighted by Gasteiger charge is -2.31. The van der Waals surface area contributed by atoms with Crippen molar-refractivity contribution < 1.29 is 38.2 Å². The lowest BCUT2D eigenvalue weighted by molar-refractivity contribution is -0.887. The summed E-state index contributed by atoms with van der Waals surface area (Å²) in [4.78, 5) is 36.7. The molecule has 2 atom stereocenters. The van der Waals surface area contributed by atoms with E-state index in [0.29, 0.717) is 19.3 Å². The second kappa shape index (κ2) is 32.0. The highest BCUT2D eigenvalue weighted by molar-refractivity contribution is 5.72. The number of rotatable bonds is 34. The summed E-state index contributed by atoms with van der Waals surface area (Å²) in [5, 5.41) is 9.57. The third-order valence-corrected chi connectivity index (χ3v) is 8.60. The molecule has 0 radical (unpaired) electrons. The molecule has 0 aromatic heterocycles. The molecule has 0 aromatic rings. The fourth-order valence-corrected chi connectivity index (χ4v) is 5.53. The van der Waals surface area contributed by atoms with Crippen LogP contribution in [0.25, 0.3) is 0 Å². The molecule has 0 amide bonds. The lowest BCUT2D eigenvalue weighted by atomic mass is 10.1. The highest BCUT2D eigenvalue weighted by Gasteiger charge is 2.31. The van der Waals surface area contributed by atoms with Crippen molar-refractivity contribution >= 4 is 17.9 Å². The number of hydrogen-bond acceptors (Lipinski definition) is 6. The first-order valence-corrected chi connectivity index (χ1v) is 19.4. The predicted octanol–water partition coefficient (Wildman–Crippen LogP) is 9.74. The molecule has 8 heteroatoms. The van der Waals surface area contributed by atoms with Gasteiger partial charge in [0.25, 0.3) is 0 Å². The Balaban J connectivity index is 4.40. The van der Waals surface area contributed by atoms with Gasteiger partial charge in [-0.1, -0.05) is 122 Å². The van der Waals surface area contributed by atoms with E-state index >= 15 is 0 Å². The smallest absolute Gasteiger partial charge is 0.362 e. The number of esters is 2. The molecule has 0 heterocycles. The monoisotopic (exact) mass is 681 g/mol. The maximum Gasteiger partial charge on any atom is 0.362 e. The molecule has 280 valence electrons. The average Bonchev–Trinajstić information content (AvgIpc) is 3.03. The van der Waals surface area contributed by atoms with Crippen molar-refractivity contribution in [3.63, 3.8) is 0 Å². The van der Waals surface area contributed by atoms with Gasteiger partial charge in [-0.2, -0.15) is 0 Å². The van der Waals surface area contributed by atoms with Crippen LogP contribution in [-0.4, -0.2) is 80.6 Å². The molecule has 0 bridgehead atoms. The Kier molecular flexibility index (Phi) is 30.6. The molecular weight excluding hydrogens is 606 g/mol. The number of carboxylic acids is 1.